The first-order chi connectivity index (χ1) is 18.0. The molecule has 3 aromatic carbocycles. The molecular weight excluding hydrogens is 470 g/mol. The van der Waals surface area contributed by atoms with E-state index in [1.54, 1.807) is 48.4 Å². The smallest absolute Gasteiger partial charge is 0.255 e. The molecule has 0 bridgehead atoms. The standard InChI is InChI=1S/C29H27N3O5/c1-36-21-11-12-24(26(15-21)37-2)30-27(33)18-32-25-10-6-5-9-22(25)23(16-28(32)34)29(35)31-14-13-19-7-3-4-8-20(19)17-31/h3-12,15-16H,13-14,17-18H2,1-2H3,(H,30,33). The number of nitrogens with zero attached hydrogens (tertiary/aromatic N) is 2. The fourth-order valence-electron chi connectivity index (χ4n) is 4.75. The maximum Gasteiger partial charge on any atom is 0.255 e. The summed E-state index contributed by atoms with van der Waals surface area (Å²) in [6.45, 7) is 0.859. The number of rotatable bonds is 6. The second kappa shape index (κ2) is 10.2. The molecule has 37 heavy (non-hydrogen) atoms. The molecule has 0 spiro atoms. The first kappa shape index (κ1) is 24.1. The molecule has 4 aromatic rings. The summed E-state index contributed by atoms with van der Waals surface area (Å²) >= 11 is 0. The molecule has 8 nitrogen and oxygen atoms in total. The maximum atomic E-state index is 13.5. The number of amides is 2. The number of hydrogen-bond donors (Lipinski definition) is 1. The van der Waals surface area contributed by atoms with Crippen LogP contribution in [-0.4, -0.2) is 42.0 Å². The van der Waals surface area contributed by atoms with E-state index in [0.717, 1.165) is 12.0 Å². The zero-order valence-corrected chi connectivity index (χ0v) is 20.7. The summed E-state index contributed by atoms with van der Waals surface area (Å²) in [5.41, 5.74) is 3.26. The third-order valence-corrected chi connectivity index (χ3v) is 6.65. The molecule has 0 saturated heterocycles. The van der Waals surface area contributed by atoms with Crippen LogP contribution in [0.15, 0.2) is 77.6 Å². The third-order valence-electron chi connectivity index (χ3n) is 6.65. The largest absolute Gasteiger partial charge is 0.497 e. The first-order valence-electron chi connectivity index (χ1n) is 12.0. The minimum absolute atomic E-state index is 0.192. The Bertz CT molecular complexity index is 1560. The highest BCUT2D eigenvalue weighted by molar-refractivity contribution is 6.06. The van der Waals surface area contributed by atoms with Gasteiger partial charge in [-0.1, -0.05) is 42.5 Å². The molecule has 5 rings (SSSR count). The number of aromatic nitrogens is 1. The van der Waals surface area contributed by atoms with Crippen LogP contribution in [0.25, 0.3) is 10.9 Å². The monoisotopic (exact) mass is 497 g/mol. The summed E-state index contributed by atoms with van der Waals surface area (Å²) in [6, 6.07) is 21.6. The van der Waals surface area contributed by atoms with E-state index >= 15 is 0 Å². The van der Waals surface area contributed by atoms with Gasteiger partial charge in [-0.25, -0.2) is 0 Å². The van der Waals surface area contributed by atoms with Crippen LogP contribution in [0, 0.1) is 0 Å². The lowest BCUT2D eigenvalue weighted by Crippen LogP contribution is -2.37. The number of benzene rings is 3. The van der Waals surface area contributed by atoms with Gasteiger partial charge in [0.2, 0.25) is 5.91 Å². The van der Waals surface area contributed by atoms with E-state index < -0.39 is 11.5 Å². The highest BCUT2D eigenvalue weighted by Crippen LogP contribution is 2.29. The highest BCUT2D eigenvalue weighted by Gasteiger charge is 2.24. The van der Waals surface area contributed by atoms with Gasteiger partial charge in [-0.3, -0.25) is 19.0 Å². The van der Waals surface area contributed by atoms with E-state index in [-0.39, 0.29) is 12.5 Å². The fraction of sp³-hybridized carbons (Fsp3) is 0.207. The second-order valence-corrected chi connectivity index (χ2v) is 8.86. The Labute approximate surface area is 214 Å². The summed E-state index contributed by atoms with van der Waals surface area (Å²) in [5.74, 6) is 0.438. The number of carbonyl (C=O) groups is 2. The number of fused-ring (bicyclic) bond motifs is 2. The number of anilines is 1. The Morgan fingerprint density at radius 1 is 0.919 bits per heavy atom. The van der Waals surface area contributed by atoms with Gasteiger partial charge < -0.3 is 19.7 Å². The van der Waals surface area contributed by atoms with E-state index in [9.17, 15) is 14.4 Å². The van der Waals surface area contributed by atoms with Gasteiger partial charge in [0.25, 0.3) is 11.5 Å². The molecule has 2 heterocycles. The van der Waals surface area contributed by atoms with E-state index in [0.29, 0.717) is 46.7 Å². The lowest BCUT2D eigenvalue weighted by atomic mass is 9.98. The molecule has 0 fully saturated rings. The number of ether oxygens (including phenoxy) is 2. The number of methoxy groups -OCH3 is 2. The average Bonchev–Trinajstić information content (AvgIpc) is 2.94. The highest BCUT2D eigenvalue weighted by atomic mass is 16.5. The van der Waals surface area contributed by atoms with Gasteiger partial charge in [-0.2, -0.15) is 0 Å². The molecule has 0 radical (unpaired) electrons. The minimum Gasteiger partial charge on any atom is -0.497 e. The Kier molecular flexibility index (Phi) is 6.64. The van der Waals surface area contributed by atoms with Gasteiger partial charge in [0, 0.05) is 30.6 Å². The van der Waals surface area contributed by atoms with Crippen molar-refractivity contribution in [3.05, 3.63) is 99.8 Å². The van der Waals surface area contributed by atoms with Crippen LogP contribution in [0.4, 0.5) is 5.69 Å². The Morgan fingerprint density at radius 3 is 2.46 bits per heavy atom. The van der Waals surface area contributed by atoms with E-state index in [2.05, 4.69) is 11.4 Å². The van der Waals surface area contributed by atoms with Gasteiger partial charge in [0.1, 0.15) is 18.0 Å². The number of nitrogens with one attached hydrogen (secondary N) is 1. The lowest BCUT2D eigenvalue weighted by Gasteiger charge is -2.29. The van der Waals surface area contributed by atoms with Crippen LogP contribution in [0.5, 0.6) is 11.5 Å². The molecule has 188 valence electrons. The summed E-state index contributed by atoms with van der Waals surface area (Å²) in [6.07, 6.45) is 0.770. The molecule has 8 heteroatoms. The predicted molar refractivity (Wildman–Crippen MR) is 141 cm³/mol. The van der Waals surface area contributed by atoms with Crippen LogP contribution in [0.3, 0.4) is 0 Å². The fourth-order valence-corrected chi connectivity index (χ4v) is 4.75. The summed E-state index contributed by atoms with van der Waals surface area (Å²) in [7, 11) is 3.04. The first-order valence-corrected chi connectivity index (χ1v) is 12.0. The predicted octanol–water partition coefficient (Wildman–Crippen LogP) is 3.86. The van der Waals surface area contributed by atoms with Crippen molar-refractivity contribution in [3.8, 4) is 11.5 Å². The number of para-hydroxylation sites is 1. The molecule has 0 aliphatic carbocycles. The zero-order valence-electron chi connectivity index (χ0n) is 20.7. The molecule has 2 amide bonds. The van der Waals surface area contributed by atoms with Gasteiger partial charge in [-0.15, -0.1) is 0 Å². The quantitative estimate of drug-likeness (QED) is 0.437. The Hall–Kier alpha value is -4.59. The van der Waals surface area contributed by atoms with E-state index in [1.807, 2.05) is 24.3 Å². The maximum absolute atomic E-state index is 13.5. The van der Waals surface area contributed by atoms with Gasteiger partial charge in [-0.05, 0) is 35.7 Å². The SMILES string of the molecule is COc1ccc(NC(=O)Cn2c(=O)cc(C(=O)N3CCc4ccccc4C3)c3ccccc32)c(OC)c1. The van der Waals surface area contributed by atoms with Crippen molar-refractivity contribution in [2.24, 2.45) is 0 Å². The van der Waals surface area contributed by atoms with Crippen LogP contribution < -0.4 is 20.3 Å². The van der Waals surface area contributed by atoms with Gasteiger partial charge in [0.05, 0.1) is 31.0 Å². The molecule has 1 N–H and O–H groups in total. The van der Waals surface area contributed by atoms with Crippen molar-refractivity contribution in [3.63, 3.8) is 0 Å². The van der Waals surface area contributed by atoms with Crippen molar-refractivity contribution >= 4 is 28.4 Å². The zero-order chi connectivity index (χ0) is 25.9. The van der Waals surface area contributed by atoms with Gasteiger partial charge >= 0.3 is 0 Å². The summed E-state index contributed by atoms with van der Waals surface area (Å²) in [4.78, 5) is 41.5. The minimum atomic E-state index is -0.420. The third kappa shape index (κ3) is 4.78. The molecule has 1 aliphatic rings. The Balaban J connectivity index is 1.43. The molecule has 0 atom stereocenters. The second-order valence-electron chi connectivity index (χ2n) is 8.86. The normalized spacial score (nSPS) is 12.6. The molecule has 1 aromatic heterocycles. The lowest BCUT2D eigenvalue weighted by molar-refractivity contribution is -0.116. The van der Waals surface area contributed by atoms with E-state index in [4.69, 9.17) is 9.47 Å². The average molecular weight is 498 g/mol. The Morgan fingerprint density at radius 2 is 1.68 bits per heavy atom. The van der Waals surface area contributed by atoms with Crippen LogP contribution in [-0.2, 0) is 24.3 Å². The summed E-state index contributed by atoms with van der Waals surface area (Å²) < 4.78 is 11.9. The molecule has 0 unspecified atom stereocenters. The van der Waals surface area contributed by atoms with Crippen molar-refractivity contribution in [2.45, 2.75) is 19.5 Å². The molecular formula is C29H27N3O5. The van der Waals surface area contributed by atoms with Crippen molar-refractivity contribution in [2.75, 3.05) is 26.1 Å². The van der Waals surface area contributed by atoms with Crippen molar-refractivity contribution in [1.82, 2.24) is 9.47 Å². The van der Waals surface area contributed by atoms with E-state index in [1.165, 1.54) is 23.3 Å². The van der Waals surface area contributed by atoms with Gasteiger partial charge in [0.15, 0.2) is 0 Å². The van der Waals surface area contributed by atoms with Crippen LogP contribution >= 0.6 is 0 Å². The van der Waals surface area contributed by atoms with Crippen LogP contribution in [0.1, 0.15) is 21.5 Å². The topological polar surface area (TPSA) is 89.9 Å². The number of hydrogen-bond acceptors (Lipinski definition) is 5. The number of pyridine rings is 1. The summed E-state index contributed by atoms with van der Waals surface area (Å²) in [5, 5.41) is 3.42. The van der Waals surface area contributed by atoms with Crippen LogP contribution in [0.2, 0.25) is 0 Å². The molecule has 0 saturated carbocycles. The van der Waals surface area contributed by atoms with Crippen molar-refractivity contribution in [1.29, 1.82) is 0 Å². The van der Waals surface area contributed by atoms with Crippen molar-refractivity contribution < 1.29 is 19.1 Å². The number of carbonyl (C=O) groups excluding carboxylic acids is 2. The molecule has 1 aliphatic heterocycles.